The maximum atomic E-state index is 12.9. The van der Waals surface area contributed by atoms with Gasteiger partial charge in [0.05, 0.1) is 5.75 Å². The molecule has 25 heavy (non-hydrogen) atoms. The summed E-state index contributed by atoms with van der Waals surface area (Å²) in [5, 5.41) is 0. The number of hydrogen-bond donors (Lipinski definition) is 1. The number of nitrogens with zero attached hydrogens (tertiary/aromatic N) is 1. The molecule has 0 aromatic heterocycles. The molecule has 134 valence electrons. The highest BCUT2D eigenvalue weighted by molar-refractivity contribution is 7.88. The van der Waals surface area contributed by atoms with Crippen molar-refractivity contribution in [3.05, 3.63) is 65.5 Å². The van der Waals surface area contributed by atoms with Crippen LogP contribution in [0, 0.1) is 5.82 Å². The van der Waals surface area contributed by atoms with Crippen molar-refractivity contribution in [2.45, 2.75) is 31.6 Å². The van der Waals surface area contributed by atoms with Crippen molar-refractivity contribution in [1.82, 2.24) is 4.72 Å². The molecule has 0 amide bonds. The van der Waals surface area contributed by atoms with Gasteiger partial charge in [0, 0.05) is 25.3 Å². The molecule has 6 heteroatoms. The van der Waals surface area contributed by atoms with E-state index in [0.29, 0.717) is 5.56 Å². The summed E-state index contributed by atoms with van der Waals surface area (Å²) >= 11 is 0. The lowest BCUT2D eigenvalue weighted by Gasteiger charge is -2.28. The number of benzene rings is 2. The largest absolute Gasteiger partial charge is 0.372 e. The van der Waals surface area contributed by atoms with E-state index in [2.05, 4.69) is 21.8 Å². The van der Waals surface area contributed by atoms with Crippen LogP contribution in [-0.4, -0.2) is 21.5 Å². The van der Waals surface area contributed by atoms with Crippen molar-refractivity contribution >= 4 is 15.7 Å². The first-order valence-corrected chi connectivity index (χ1v) is 10.2. The van der Waals surface area contributed by atoms with Gasteiger partial charge >= 0.3 is 0 Å². The second kappa shape index (κ2) is 7.97. The predicted octanol–water partition coefficient (Wildman–Crippen LogP) is 3.44. The van der Waals surface area contributed by atoms with E-state index < -0.39 is 10.0 Å². The van der Waals surface area contributed by atoms with Crippen LogP contribution in [-0.2, 0) is 22.3 Å². The number of rotatable bonds is 6. The van der Waals surface area contributed by atoms with Crippen molar-refractivity contribution in [2.75, 3.05) is 18.0 Å². The van der Waals surface area contributed by atoms with Gasteiger partial charge in [-0.3, -0.25) is 0 Å². The minimum Gasteiger partial charge on any atom is -0.372 e. The van der Waals surface area contributed by atoms with Crippen LogP contribution in [0.25, 0.3) is 0 Å². The highest BCUT2D eigenvalue weighted by Crippen LogP contribution is 2.20. The fourth-order valence-corrected chi connectivity index (χ4v) is 4.14. The molecule has 2 aromatic rings. The van der Waals surface area contributed by atoms with Gasteiger partial charge in [0.25, 0.3) is 0 Å². The Balaban J connectivity index is 1.55. The SMILES string of the molecule is O=S(=O)(Cc1ccc(F)cc1)NCc1ccc(N2CCCCC2)cc1. The van der Waals surface area contributed by atoms with Crippen molar-refractivity contribution < 1.29 is 12.8 Å². The lowest BCUT2D eigenvalue weighted by Crippen LogP contribution is -2.29. The van der Waals surface area contributed by atoms with E-state index in [-0.39, 0.29) is 18.1 Å². The minimum absolute atomic E-state index is 0.154. The van der Waals surface area contributed by atoms with Gasteiger partial charge in [-0.2, -0.15) is 0 Å². The van der Waals surface area contributed by atoms with Crippen LogP contribution in [0.2, 0.25) is 0 Å². The normalized spacial score (nSPS) is 15.3. The molecule has 1 N–H and O–H groups in total. The number of piperidine rings is 1. The molecular weight excluding hydrogens is 339 g/mol. The van der Waals surface area contributed by atoms with Gasteiger partial charge < -0.3 is 4.90 Å². The standard InChI is InChI=1S/C19H23FN2O2S/c20-18-8-4-17(5-9-18)15-25(23,24)21-14-16-6-10-19(11-7-16)22-12-2-1-3-13-22/h4-11,21H,1-3,12-15H2. The highest BCUT2D eigenvalue weighted by atomic mass is 32.2. The molecule has 0 bridgehead atoms. The fraction of sp³-hybridized carbons (Fsp3) is 0.368. The second-order valence-electron chi connectivity index (χ2n) is 6.42. The molecule has 0 spiro atoms. The van der Waals surface area contributed by atoms with E-state index in [1.54, 1.807) is 0 Å². The summed E-state index contributed by atoms with van der Waals surface area (Å²) in [5.74, 6) is -0.526. The molecule has 1 saturated heterocycles. The quantitative estimate of drug-likeness (QED) is 0.856. The van der Waals surface area contributed by atoms with E-state index in [1.807, 2.05) is 12.1 Å². The van der Waals surface area contributed by atoms with Crippen LogP contribution in [0.1, 0.15) is 30.4 Å². The summed E-state index contributed by atoms with van der Waals surface area (Å²) in [7, 11) is -3.46. The summed E-state index contributed by atoms with van der Waals surface area (Å²) in [6.07, 6.45) is 3.75. The Bertz CT molecular complexity index is 783. The highest BCUT2D eigenvalue weighted by Gasteiger charge is 2.13. The van der Waals surface area contributed by atoms with Crippen LogP contribution in [0.15, 0.2) is 48.5 Å². The van der Waals surface area contributed by atoms with Gasteiger partial charge in [0.1, 0.15) is 5.82 Å². The van der Waals surface area contributed by atoms with Crippen LogP contribution < -0.4 is 9.62 Å². The molecule has 1 aliphatic rings. The smallest absolute Gasteiger partial charge is 0.216 e. The molecule has 0 aliphatic carbocycles. The van der Waals surface area contributed by atoms with E-state index >= 15 is 0 Å². The lowest BCUT2D eigenvalue weighted by molar-refractivity contribution is 0.577. The zero-order chi connectivity index (χ0) is 17.7. The molecule has 2 aromatic carbocycles. The molecule has 1 heterocycles. The first-order chi connectivity index (χ1) is 12.0. The molecule has 0 unspecified atom stereocenters. The lowest BCUT2D eigenvalue weighted by atomic mass is 10.1. The third kappa shape index (κ3) is 5.28. The molecule has 4 nitrogen and oxygen atoms in total. The molecular formula is C19H23FN2O2S. The Morgan fingerprint density at radius 2 is 1.48 bits per heavy atom. The van der Waals surface area contributed by atoms with Crippen molar-refractivity contribution in [3.63, 3.8) is 0 Å². The Morgan fingerprint density at radius 3 is 2.12 bits per heavy atom. The molecule has 3 rings (SSSR count). The Morgan fingerprint density at radius 1 is 0.880 bits per heavy atom. The van der Waals surface area contributed by atoms with Crippen LogP contribution in [0.3, 0.4) is 0 Å². The summed E-state index contributed by atoms with van der Waals surface area (Å²) in [6, 6.07) is 13.5. The maximum absolute atomic E-state index is 12.9. The van der Waals surface area contributed by atoms with Gasteiger partial charge in [-0.25, -0.2) is 17.5 Å². The van der Waals surface area contributed by atoms with Gasteiger partial charge in [-0.15, -0.1) is 0 Å². The number of hydrogen-bond acceptors (Lipinski definition) is 3. The number of nitrogens with one attached hydrogen (secondary N) is 1. The average Bonchev–Trinajstić information content (AvgIpc) is 2.63. The summed E-state index contributed by atoms with van der Waals surface area (Å²) in [6.45, 7) is 2.43. The van der Waals surface area contributed by atoms with Gasteiger partial charge in [0.2, 0.25) is 10.0 Å². The molecule has 0 saturated carbocycles. The zero-order valence-corrected chi connectivity index (χ0v) is 14.9. The van der Waals surface area contributed by atoms with Crippen LogP contribution in [0.4, 0.5) is 10.1 Å². The van der Waals surface area contributed by atoms with Gasteiger partial charge in [-0.05, 0) is 54.7 Å². The van der Waals surface area contributed by atoms with Crippen molar-refractivity contribution in [1.29, 1.82) is 0 Å². The Hall–Kier alpha value is -1.92. The summed E-state index contributed by atoms with van der Waals surface area (Å²) in [4.78, 5) is 2.37. The second-order valence-corrected chi connectivity index (χ2v) is 8.23. The van der Waals surface area contributed by atoms with E-state index in [9.17, 15) is 12.8 Å². The van der Waals surface area contributed by atoms with Crippen molar-refractivity contribution in [3.8, 4) is 0 Å². The third-order valence-corrected chi connectivity index (χ3v) is 5.72. The predicted molar refractivity (Wildman–Crippen MR) is 98.4 cm³/mol. The monoisotopic (exact) mass is 362 g/mol. The molecule has 1 aliphatic heterocycles. The third-order valence-electron chi connectivity index (χ3n) is 4.42. The van der Waals surface area contributed by atoms with Gasteiger partial charge in [-0.1, -0.05) is 24.3 Å². The van der Waals surface area contributed by atoms with Crippen LogP contribution >= 0.6 is 0 Å². The fourth-order valence-electron chi connectivity index (χ4n) is 3.02. The summed E-state index contributed by atoms with van der Waals surface area (Å²) in [5.41, 5.74) is 2.68. The van der Waals surface area contributed by atoms with E-state index in [4.69, 9.17) is 0 Å². The number of sulfonamides is 1. The van der Waals surface area contributed by atoms with E-state index in [1.165, 1.54) is 49.2 Å². The minimum atomic E-state index is -3.46. The molecule has 1 fully saturated rings. The topological polar surface area (TPSA) is 49.4 Å². The number of anilines is 1. The Labute approximate surface area is 148 Å². The first kappa shape index (κ1) is 17.9. The van der Waals surface area contributed by atoms with Crippen molar-refractivity contribution in [2.24, 2.45) is 0 Å². The Kier molecular flexibility index (Phi) is 5.71. The molecule has 0 radical (unpaired) electrons. The first-order valence-electron chi connectivity index (χ1n) is 8.57. The summed E-state index contributed by atoms with van der Waals surface area (Å²) < 4.78 is 39.8. The molecule has 0 atom stereocenters. The zero-order valence-electron chi connectivity index (χ0n) is 14.1. The van der Waals surface area contributed by atoms with Crippen LogP contribution in [0.5, 0.6) is 0 Å². The number of halogens is 1. The maximum Gasteiger partial charge on any atom is 0.216 e. The average molecular weight is 362 g/mol. The van der Waals surface area contributed by atoms with Gasteiger partial charge in [0.15, 0.2) is 0 Å². The van der Waals surface area contributed by atoms with E-state index in [0.717, 1.165) is 18.7 Å².